The summed E-state index contributed by atoms with van der Waals surface area (Å²) in [6.45, 7) is 1.97. The Morgan fingerprint density at radius 3 is 3.05 bits per heavy atom. The monoisotopic (exact) mass is 269 g/mol. The minimum Gasteiger partial charge on any atom is -0.288 e. The minimum atomic E-state index is -0.0161. The molecule has 0 radical (unpaired) electrons. The van der Waals surface area contributed by atoms with Crippen molar-refractivity contribution in [2.45, 2.75) is 13.3 Å². The third-order valence-electron chi connectivity index (χ3n) is 2.96. The highest BCUT2D eigenvalue weighted by Gasteiger charge is 2.17. The highest BCUT2D eigenvalue weighted by atomic mass is 32.1. The lowest BCUT2D eigenvalue weighted by Gasteiger charge is -2.01. The van der Waals surface area contributed by atoms with Gasteiger partial charge < -0.3 is 0 Å². The number of carbonyl (C=O) groups excluding carboxylic acids is 1. The van der Waals surface area contributed by atoms with Crippen LogP contribution in [0.15, 0.2) is 36.5 Å². The zero-order valence-electron chi connectivity index (χ0n) is 10.3. The van der Waals surface area contributed by atoms with Crippen LogP contribution in [0.3, 0.4) is 0 Å². The normalized spacial score (nSPS) is 10.8. The number of aryl methyl sites for hydroxylation is 1. The number of hydrogen-bond donors (Lipinski definition) is 0. The van der Waals surface area contributed by atoms with Crippen molar-refractivity contribution in [2.75, 3.05) is 0 Å². The van der Waals surface area contributed by atoms with Gasteiger partial charge in [-0.05, 0) is 42.2 Å². The van der Waals surface area contributed by atoms with E-state index < -0.39 is 0 Å². The summed E-state index contributed by atoms with van der Waals surface area (Å²) in [7, 11) is 0. The van der Waals surface area contributed by atoms with Crippen LogP contribution >= 0.6 is 11.5 Å². The number of rotatable bonds is 3. The minimum absolute atomic E-state index is 0.0161. The van der Waals surface area contributed by atoms with Crippen molar-refractivity contribution >= 4 is 28.2 Å². The van der Waals surface area contributed by atoms with Gasteiger partial charge in [0.2, 0.25) is 5.78 Å². The zero-order chi connectivity index (χ0) is 13.2. The molecule has 2 heterocycles. The first kappa shape index (κ1) is 11.9. The van der Waals surface area contributed by atoms with Crippen LogP contribution in [0.1, 0.15) is 27.9 Å². The Labute approximate surface area is 114 Å². The molecule has 19 heavy (non-hydrogen) atoms. The maximum Gasteiger partial charge on any atom is 0.206 e. The molecule has 0 amide bonds. The molecule has 3 aromatic rings. The van der Waals surface area contributed by atoms with E-state index in [1.165, 1.54) is 0 Å². The van der Waals surface area contributed by atoms with Crippen LogP contribution in [0.5, 0.6) is 0 Å². The fourth-order valence-electron chi connectivity index (χ4n) is 1.96. The molecule has 4 nitrogen and oxygen atoms in total. The predicted molar refractivity (Wildman–Crippen MR) is 74.5 cm³/mol. The van der Waals surface area contributed by atoms with E-state index in [2.05, 4.69) is 14.6 Å². The Kier molecular flexibility index (Phi) is 3.05. The van der Waals surface area contributed by atoms with Gasteiger partial charge in [-0.1, -0.05) is 17.5 Å². The number of nitrogens with zero attached hydrogens (tertiary/aromatic N) is 3. The quantitative estimate of drug-likeness (QED) is 0.686. The van der Waals surface area contributed by atoms with E-state index in [1.807, 2.05) is 31.2 Å². The molecule has 0 saturated carbocycles. The Balaban J connectivity index is 2.06. The first-order valence-corrected chi connectivity index (χ1v) is 6.77. The maximum atomic E-state index is 12.4. The lowest BCUT2D eigenvalue weighted by atomic mass is 10.1. The summed E-state index contributed by atoms with van der Waals surface area (Å²) in [6, 6.07) is 9.34. The molecule has 0 atom stereocenters. The van der Waals surface area contributed by atoms with Gasteiger partial charge >= 0.3 is 0 Å². The van der Waals surface area contributed by atoms with Crippen LogP contribution in [0.25, 0.3) is 10.9 Å². The van der Waals surface area contributed by atoms with Gasteiger partial charge in [0.25, 0.3) is 0 Å². The molecular formula is C14H11N3OS. The molecule has 3 rings (SSSR count). The SMILES string of the molecule is CCc1nnsc1C(=O)c1ccc2ncccc2c1. The van der Waals surface area contributed by atoms with Crippen molar-refractivity contribution in [1.82, 2.24) is 14.6 Å². The third-order valence-corrected chi connectivity index (χ3v) is 3.73. The Hall–Kier alpha value is -2.14. The van der Waals surface area contributed by atoms with Crippen molar-refractivity contribution < 1.29 is 4.79 Å². The number of hydrogen-bond acceptors (Lipinski definition) is 5. The van der Waals surface area contributed by atoms with E-state index in [-0.39, 0.29) is 5.78 Å². The number of ketones is 1. The topological polar surface area (TPSA) is 55.7 Å². The lowest BCUT2D eigenvalue weighted by molar-refractivity contribution is 0.104. The summed E-state index contributed by atoms with van der Waals surface area (Å²) >= 11 is 1.16. The first-order valence-electron chi connectivity index (χ1n) is 6.00. The van der Waals surface area contributed by atoms with Gasteiger partial charge in [0.1, 0.15) is 4.88 Å². The summed E-state index contributed by atoms with van der Waals surface area (Å²) < 4.78 is 3.86. The molecular weight excluding hydrogens is 258 g/mol. The van der Waals surface area contributed by atoms with E-state index >= 15 is 0 Å². The summed E-state index contributed by atoms with van der Waals surface area (Å²) in [6.07, 6.45) is 2.46. The van der Waals surface area contributed by atoms with Crippen LogP contribution in [-0.4, -0.2) is 20.4 Å². The molecule has 0 N–H and O–H groups in total. The molecule has 94 valence electrons. The number of carbonyl (C=O) groups is 1. The van der Waals surface area contributed by atoms with E-state index in [9.17, 15) is 4.79 Å². The fourth-order valence-corrected chi connectivity index (χ4v) is 2.67. The van der Waals surface area contributed by atoms with Gasteiger partial charge in [-0.25, -0.2) is 0 Å². The second-order valence-electron chi connectivity index (χ2n) is 4.14. The molecule has 0 spiro atoms. The average molecular weight is 269 g/mol. The average Bonchev–Trinajstić information content (AvgIpc) is 2.94. The molecule has 0 fully saturated rings. The molecule has 0 aliphatic rings. The molecule has 1 aromatic carbocycles. The third kappa shape index (κ3) is 2.13. The highest BCUT2D eigenvalue weighted by molar-refractivity contribution is 7.08. The second-order valence-corrected chi connectivity index (χ2v) is 4.90. The number of aromatic nitrogens is 3. The standard InChI is InChI=1S/C14H11N3OS/c1-2-11-14(19-17-16-11)13(18)10-5-6-12-9(8-10)4-3-7-15-12/h3-8H,2H2,1H3. The van der Waals surface area contributed by atoms with Gasteiger partial charge in [0, 0.05) is 17.1 Å². The zero-order valence-corrected chi connectivity index (χ0v) is 11.1. The second kappa shape index (κ2) is 4.85. The van der Waals surface area contributed by atoms with Crippen LogP contribution in [0.4, 0.5) is 0 Å². The lowest BCUT2D eigenvalue weighted by Crippen LogP contribution is -2.02. The maximum absolute atomic E-state index is 12.4. The summed E-state index contributed by atoms with van der Waals surface area (Å²) in [4.78, 5) is 17.3. The Bertz CT molecular complexity index is 751. The highest BCUT2D eigenvalue weighted by Crippen LogP contribution is 2.20. The molecule has 0 saturated heterocycles. The van der Waals surface area contributed by atoms with Crippen molar-refractivity contribution in [3.63, 3.8) is 0 Å². The van der Waals surface area contributed by atoms with Crippen molar-refractivity contribution in [1.29, 1.82) is 0 Å². The van der Waals surface area contributed by atoms with Crippen molar-refractivity contribution in [3.8, 4) is 0 Å². The summed E-state index contributed by atoms with van der Waals surface area (Å²) in [5.74, 6) is -0.0161. The van der Waals surface area contributed by atoms with E-state index in [0.29, 0.717) is 16.9 Å². The molecule has 0 aliphatic carbocycles. The molecule has 0 aliphatic heterocycles. The van der Waals surface area contributed by atoms with E-state index in [0.717, 1.165) is 28.1 Å². The predicted octanol–water partition coefficient (Wildman–Crippen LogP) is 2.88. The van der Waals surface area contributed by atoms with E-state index in [4.69, 9.17) is 0 Å². The molecule has 5 heteroatoms. The molecule has 0 unspecified atom stereocenters. The van der Waals surface area contributed by atoms with Crippen molar-refractivity contribution in [3.05, 3.63) is 52.7 Å². The smallest absolute Gasteiger partial charge is 0.206 e. The summed E-state index contributed by atoms with van der Waals surface area (Å²) in [5.41, 5.74) is 2.31. The van der Waals surface area contributed by atoms with Crippen molar-refractivity contribution in [2.24, 2.45) is 0 Å². The van der Waals surface area contributed by atoms with Gasteiger partial charge in [-0.3, -0.25) is 9.78 Å². The number of fused-ring (bicyclic) bond motifs is 1. The number of pyridine rings is 1. The first-order chi connectivity index (χ1) is 9.29. The van der Waals surface area contributed by atoms with Gasteiger partial charge in [0.15, 0.2) is 0 Å². The van der Waals surface area contributed by atoms with Crippen LogP contribution in [-0.2, 0) is 6.42 Å². The Morgan fingerprint density at radius 1 is 1.32 bits per heavy atom. The largest absolute Gasteiger partial charge is 0.288 e. The van der Waals surface area contributed by atoms with Gasteiger partial charge in [-0.2, -0.15) is 0 Å². The molecule has 0 bridgehead atoms. The van der Waals surface area contributed by atoms with E-state index in [1.54, 1.807) is 12.3 Å². The van der Waals surface area contributed by atoms with Crippen LogP contribution in [0, 0.1) is 0 Å². The van der Waals surface area contributed by atoms with Crippen LogP contribution in [0.2, 0.25) is 0 Å². The fraction of sp³-hybridized carbons (Fsp3) is 0.143. The van der Waals surface area contributed by atoms with Gasteiger partial charge in [-0.15, -0.1) is 5.10 Å². The molecule has 2 aromatic heterocycles. The van der Waals surface area contributed by atoms with Gasteiger partial charge in [0.05, 0.1) is 11.2 Å². The van der Waals surface area contributed by atoms with Crippen LogP contribution < -0.4 is 0 Å². The number of benzene rings is 1. The Morgan fingerprint density at radius 2 is 2.21 bits per heavy atom. The summed E-state index contributed by atoms with van der Waals surface area (Å²) in [5, 5.41) is 4.94.